The zero-order valence-electron chi connectivity index (χ0n) is 10.3. The summed E-state index contributed by atoms with van der Waals surface area (Å²) in [5.41, 5.74) is 6.55. The Hall–Kier alpha value is -1.89. The molecule has 2 rings (SSSR count). The topological polar surface area (TPSA) is 85.8 Å². The highest BCUT2D eigenvalue weighted by molar-refractivity contribution is 7.11. The molecule has 1 amide bonds. The Balaban J connectivity index is 2.05. The van der Waals surface area contributed by atoms with E-state index in [-0.39, 0.29) is 5.91 Å². The highest BCUT2D eigenvalue weighted by Crippen LogP contribution is 2.13. The van der Waals surface area contributed by atoms with E-state index in [2.05, 4.69) is 15.4 Å². The smallest absolute Gasteiger partial charge is 0.271 e. The van der Waals surface area contributed by atoms with Gasteiger partial charge in [0, 0.05) is 17.6 Å². The van der Waals surface area contributed by atoms with Crippen LogP contribution in [0.1, 0.15) is 27.3 Å². The van der Waals surface area contributed by atoms with E-state index < -0.39 is 0 Å². The van der Waals surface area contributed by atoms with Crippen LogP contribution >= 0.6 is 11.3 Å². The maximum atomic E-state index is 12.0. The van der Waals surface area contributed by atoms with E-state index in [1.165, 1.54) is 6.20 Å². The number of nitrogens with zero attached hydrogens (tertiary/aromatic N) is 3. The third kappa shape index (κ3) is 2.51. The first-order valence-electron chi connectivity index (χ1n) is 5.62. The number of nitrogens with one attached hydrogen (secondary N) is 1. The Morgan fingerprint density at radius 1 is 1.56 bits per heavy atom. The van der Waals surface area contributed by atoms with Crippen molar-refractivity contribution in [3.05, 3.63) is 28.0 Å². The second-order valence-corrected chi connectivity index (χ2v) is 5.11. The minimum absolute atomic E-state index is 0.210. The molecule has 0 saturated heterocycles. The fraction of sp³-hybridized carbons (Fsp3) is 0.364. The van der Waals surface area contributed by atoms with Crippen LogP contribution in [0.4, 0.5) is 5.69 Å². The fourth-order valence-electron chi connectivity index (χ4n) is 1.63. The molecule has 3 N–H and O–H groups in total. The van der Waals surface area contributed by atoms with Crippen molar-refractivity contribution in [1.29, 1.82) is 0 Å². The summed E-state index contributed by atoms with van der Waals surface area (Å²) in [5, 5.41) is 7.84. The van der Waals surface area contributed by atoms with E-state index in [1.54, 1.807) is 22.2 Å². The molecule has 18 heavy (non-hydrogen) atoms. The van der Waals surface area contributed by atoms with Gasteiger partial charge in [-0.25, -0.2) is 4.98 Å². The van der Waals surface area contributed by atoms with Gasteiger partial charge in [0.1, 0.15) is 5.69 Å². The lowest BCUT2D eigenvalue weighted by atomic mass is 10.3. The average Bonchev–Trinajstić information content (AvgIpc) is 2.92. The molecule has 0 aliphatic carbocycles. The number of nitrogen functional groups attached to an aromatic ring is 1. The maximum absolute atomic E-state index is 12.0. The van der Waals surface area contributed by atoms with Crippen LogP contribution in [-0.4, -0.2) is 20.7 Å². The minimum Gasteiger partial charge on any atom is -0.396 e. The molecule has 2 aromatic heterocycles. The molecule has 0 aliphatic rings. The highest BCUT2D eigenvalue weighted by Gasteiger charge is 2.15. The number of hydrogen-bond donors (Lipinski definition) is 2. The van der Waals surface area contributed by atoms with E-state index in [0.29, 0.717) is 24.5 Å². The molecule has 0 aromatic carbocycles. The van der Waals surface area contributed by atoms with Crippen LogP contribution in [0.15, 0.2) is 12.4 Å². The van der Waals surface area contributed by atoms with Crippen molar-refractivity contribution < 1.29 is 4.79 Å². The van der Waals surface area contributed by atoms with Crippen molar-refractivity contribution in [2.45, 2.75) is 26.9 Å². The lowest BCUT2D eigenvalue weighted by Crippen LogP contribution is -2.26. The molecule has 2 heterocycles. The number of carbonyl (C=O) groups excluding carboxylic acids is 1. The Bertz CT molecular complexity index is 560. The monoisotopic (exact) mass is 265 g/mol. The Morgan fingerprint density at radius 3 is 2.94 bits per heavy atom. The Kier molecular flexibility index (Phi) is 3.61. The molecular weight excluding hydrogens is 250 g/mol. The van der Waals surface area contributed by atoms with Crippen molar-refractivity contribution in [3.63, 3.8) is 0 Å². The summed E-state index contributed by atoms with van der Waals surface area (Å²) in [6, 6.07) is 0. The van der Waals surface area contributed by atoms with E-state index >= 15 is 0 Å². The molecule has 6 nitrogen and oxygen atoms in total. The van der Waals surface area contributed by atoms with E-state index in [0.717, 1.165) is 9.88 Å². The molecule has 0 spiro atoms. The van der Waals surface area contributed by atoms with Gasteiger partial charge in [-0.2, -0.15) is 5.10 Å². The standard InChI is InChI=1S/C11H15N5OS/c1-3-16-10(9(12)6-15-16)11(17)14-5-8-4-13-7(2)18-8/h4,6H,3,5,12H2,1-2H3,(H,14,17). The molecular formula is C11H15N5OS. The van der Waals surface area contributed by atoms with Crippen LogP contribution < -0.4 is 11.1 Å². The first-order chi connectivity index (χ1) is 8.61. The number of aromatic nitrogens is 3. The van der Waals surface area contributed by atoms with Gasteiger partial charge in [0.05, 0.1) is 23.4 Å². The summed E-state index contributed by atoms with van der Waals surface area (Å²) in [5.74, 6) is -0.210. The lowest BCUT2D eigenvalue weighted by Gasteiger charge is -2.06. The zero-order valence-corrected chi connectivity index (χ0v) is 11.1. The number of anilines is 1. The van der Waals surface area contributed by atoms with Crippen LogP contribution in [0.3, 0.4) is 0 Å². The van der Waals surface area contributed by atoms with Gasteiger partial charge in [-0.15, -0.1) is 11.3 Å². The van der Waals surface area contributed by atoms with Crippen LogP contribution in [0.25, 0.3) is 0 Å². The van der Waals surface area contributed by atoms with Crippen LogP contribution in [-0.2, 0) is 13.1 Å². The van der Waals surface area contributed by atoms with Crippen molar-refractivity contribution in [1.82, 2.24) is 20.1 Å². The largest absolute Gasteiger partial charge is 0.396 e. The zero-order chi connectivity index (χ0) is 13.1. The van der Waals surface area contributed by atoms with E-state index in [4.69, 9.17) is 5.73 Å². The summed E-state index contributed by atoms with van der Waals surface area (Å²) in [6.07, 6.45) is 3.26. The van der Waals surface area contributed by atoms with Crippen LogP contribution in [0, 0.1) is 6.92 Å². The van der Waals surface area contributed by atoms with Gasteiger partial charge in [0.25, 0.3) is 5.91 Å². The first kappa shape index (κ1) is 12.6. The van der Waals surface area contributed by atoms with Gasteiger partial charge in [-0.3, -0.25) is 9.48 Å². The van der Waals surface area contributed by atoms with Crippen LogP contribution in [0.2, 0.25) is 0 Å². The number of rotatable bonds is 4. The second kappa shape index (κ2) is 5.18. The molecule has 0 bridgehead atoms. The Labute approximate surface area is 109 Å². The first-order valence-corrected chi connectivity index (χ1v) is 6.44. The third-order valence-corrected chi connectivity index (χ3v) is 3.39. The van der Waals surface area contributed by atoms with Crippen LogP contribution in [0.5, 0.6) is 0 Å². The molecule has 7 heteroatoms. The predicted molar refractivity (Wildman–Crippen MR) is 70.3 cm³/mol. The number of hydrogen-bond acceptors (Lipinski definition) is 5. The maximum Gasteiger partial charge on any atom is 0.271 e. The van der Waals surface area contributed by atoms with Gasteiger partial charge in [0.2, 0.25) is 0 Å². The summed E-state index contributed by atoms with van der Waals surface area (Å²) in [4.78, 5) is 17.2. The Morgan fingerprint density at radius 2 is 2.33 bits per heavy atom. The third-order valence-electron chi connectivity index (χ3n) is 2.47. The van der Waals surface area contributed by atoms with Gasteiger partial charge >= 0.3 is 0 Å². The quantitative estimate of drug-likeness (QED) is 0.869. The molecule has 0 radical (unpaired) electrons. The van der Waals surface area contributed by atoms with Crippen molar-refractivity contribution in [2.24, 2.45) is 0 Å². The molecule has 96 valence electrons. The van der Waals surface area contributed by atoms with Gasteiger partial charge in [0.15, 0.2) is 0 Å². The molecule has 2 aromatic rings. The normalized spacial score (nSPS) is 10.6. The molecule has 0 fully saturated rings. The summed E-state index contributed by atoms with van der Waals surface area (Å²) < 4.78 is 1.59. The molecule has 0 saturated carbocycles. The number of carbonyl (C=O) groups is 1. The van der Waals surface area contributed by atoms with Gasteiger partial charge < -0.3 is 11.1 Å². The van der Waals surface area contributed by atoms with Gasteiger partial charge in [-0.05, 0) is 13.8 Å². The minimum atomic E-state index is -0.210. The van der Waals surface area contributed by atoms with E-state index in [9.17, 15) is 4.79 Å². The number of thiazole rings is 1. The van der Waals surface area contributed by atoms with Crippen molar-refractivity contribution in [2.75, 3.05) is 5.73 Å². The second-order valence-electron chi connectivity index (χ2n) is 3.79. The number of nitrogens with two attached hydrogens (primary N) is 1. The number of aryl methyl sites for hydroxylation is 2. The summed E-state index contributed by atoms with van der Waals surface area (Å²) in [7, 11) is 0. The average molecular weight is 265 g/mol. The molecule has 0 unspecified atom stereocenters. The predicted octanol–water partition coefficient (Wildman–Crippen LogP) is 1.18. The van der Waals surface area contributed by atoms with E-state index in [1.807, 2.05) is 13.8 Å². The molecule has 0 aliphatic heterocycles. The van der Waals surface area contributed by atoms with Crippen molar-refractivity contribution >= 4 is 22.9 Å². The SMILES string of the molecule is CCn1ncc(N)c1C(=O)NCc1cnc(C)s1. The summed E-state index contributed by atoms with van der Waals surface area (Å²) in [6.45, 7) is 4.91. The molecule has 0 atom stereocenters. The summed E-state index contributed by atoms with van der Waals surface area (Å²) >= 11 is 1.56. The number of amides is 1. The van der Waals surface area contributed by atoms with Gasteiger partial charge in [-0.1, -0.05) is 0 Å². The highest BCUT2D eigenvalue weighted by atomic mass is 32.1. The fourth-order valence-corrected chi connectivity index (χ4v) is 2.36. The lowest BCUT2D eigenvalue weighted by molar-refractivity contribution is 0.0941. The van der Waals surface area contributed by atoms with Crippen molar-refractivity contribution in [3.8, 4) is 0 Å².